The van der Waals surface area contributed by atoms with Crippen LogP contribution in [0.1, 0.15) is 5.76 Å². The van der Waals surface area contributed by atoms with Crippen LogP contribution < -0.4 is 5.32 Å². The van der Waals surface area contributed by atoms with Gasteiger partial charge < -0.3 is 14.5 Å². The van der Waals surface area contributed by atoms with Crippen molar-refractivity contribution in [1.82, 2.24) is 10.2 Å². The van der Waals surface area contributed by atoms with Crippen molar-refractivity contribution in [3.63, 3.8) is 0 Å². The van der Waals surface area contributed by atoms with Gasteiger partial charge >= 0.3 is 0 Å². The molecule has 0 atom stereocenters. The van der Waals surface area contributed by atoms with Crippen LogP contribution in [0.15, 0.2) is 46.9 Å². The highest BCUT2D eigenvalue weighted by atomic mass is 16.5. The maximum Gasteiger partial charge on any atom is 0.134 e. The van der Waals surface area contributed by atoms with E-state index in [1.54, 1.807) is 0 Å². The fourth-order valence-corrected chi connectivity index (χ4v) is 2.50. The monoisotopic (exact) mass is 286 g/mol. The summed E-state index contributed by atoms with van der Waals surface area (Å²) in [5.74, 6) is 1.91. The van der Waals surface area contributed by atoms with E-state index in [-0.39, 0.29) is 0 Å². The molecular formula is C17H22N2O2. The molecule has 1 aliphatic heterocycles. The van der Waals surface area contributed by atoms with Crippen LogP contribution >= 0.6 is 0 Å². The molecule has 0 radical (unpaired) electrons. The number of rotatable bonds is 6. The molecule has 2 heterocycles. The Morgan fingerprint density at radius 3 is 2.62 bits per heavy atom. The van der Waals surface area contributed by atoms with Crippen molar-refractivity contribution in [2.45, 2.75) is 6.54 Å². The molecular weight excluding hydrogens is 264 g/mol. The zero-order valence-electron chi connectivity index (χ0n) is 12.3. The van der Waals surface area contributed by atoms with E-state index < -0.39 is 0 Å². The van der Waals surface area contributed by atoms with E-state index in [0.717, 1.165) is 63.0 Å². The third kappa shape index (κ3) is 4.17. The normalized spacial score (nSPS) is 16.2. The average molecular weight is 286 g/mol. The summed E-state index contributed by atoms with van der Waals surface area (Å²) in [6, 6.07) is 14.3. The van der Waals surface area contributed by atoms with Crippen molar-refractivity contribution in [2.24, 2.45) is 0 Å². The summed E-state index contributed by atoms with van der Waals surface area (Å²) in [5, 5.41) is 3.44. The van der Waals surface area contributed by atoms with Crippen molar-refractivity contribution in [1.29, 1.82) is 0 Å². The van der Waals surface area contributed by atoms with Gasteiger partial charge in [-0.05, 0) is 12.1 Å². The molecule has 2 aromatic rings. The van der Waals surface area contributed by atoms with Crippen LogP contribution in [0.25, 0.3) is 11.3 Å². The molecule has 0 saturated carbocycles. The molecule has 3 rings (SSSR count). The van der Waals surface area contributed by atoms with Crippen LogP contribution in [-0.4, -0.2) is 44.3 Å². The van der Waals surface area contributed by atoms with Gasteiger partial charge in [-0.1, -0.05) is 30.3 Å². The number of nitrogens with zero attached hydrogens (tertiary/aromatic N) is 1. The molecule has 21 heavy (non-hydrogen) atoms. The predicted octanol–water partition coefficient (Wildman–Crippen LogP) is 2.37. The second kappa shape index (κ2) is 7.41. The summed E-state index contributed by atoms with van der Waals surface area (Å²) in [5.41, 5.74) is 1.12. The van der Waals surface area contributed by atoms with Gasteiger partial charge in [-0.15, -0.1) is 0 Å². The van der Waals surface area contributed by atoms with Crippen molar-refractivity contribution in [3.8, 4) is 11.3 Å². The van der Waals surface area contributed by atoms with E-state index in [1.807, 2.05) is 30.3 Å². The Hall–Kier alpha value is -1.62. The predicted molar refractivity (Wildman–Crippen MR) is 83.1 cm³/mol. The number of hydrogen-bond donors (Lipinski definition) is 1. The van der Waals surface area contributed by atoms with Gasteiger partial charge in [-0.3, -0.25) is 4.90 Å². The highest BCUT2D eigenvalue weighted by Crippen LogP contribution is 2.21. The summed E-state index contributed by atoms with van der Waals surface area (Å²) >= 11 is 0. The molecule has 1 aromatic heterocycles. The Kier molecular flexibility index (Phi) is 5.05. The Morgan fingerprint density at radius 2 is 1.81 bits per heavy atom. The second-order valence-corrected chi connectivity index (χ2v) is 5.26. The molecule has 112 valence electrons. The highest BCUT2D eigenvalue weighted by Gasteiger charge is 2.09. The summed E-state index contributed by atoms with van der Waals surface area (Å²) in [4.78, 5) is 2.42. The van der Waals surface area contributed by atoms with Crippen LogP contribution in [-0.2, 0) is 11.3 Å². The van der Waals surface area contributed by atoms with Gasteiger partial charge in [0.05, 0.1) is 19.8 Å². The lowest BCUT2D eigenvalue weighted by molar-refractivity contribution is 0.0383. The Labute approximate surface area is 125 Å². The minimum absolute atomic E-state index is 0.775. The summed E-state index contributed by atoms with van der Waals surface area (Å²) in [7, 11) is 0. The van der Waals surface area contributed by atoms with E-state index in [0.29, 0.717) is 0 Å². The molecule has 1 saturated heterocycles. The molecule has 0 aliphatic carbocycles. The maximum absolute atomic E-state index is 5.87. The second-order valence-electron chi connectivity index (χ2n) is 5.26. The van der Waals surface area contributed by atoms with Gasteiger partial charge in [0, 0.05) is 31.7 Å². The van der Waals surface area contributed by atoms with Gasteiger partial charge in [-0.2, -0.15) is 0 Å². The first kappa shape index (κ1) is 14.3. The Bertz CT molecular complexity index is 533. The summed E-state index contributed by atoms with van der Waals surface area (Å²) in [6.07, 6.45) is 0. The van der Waals surface area contributed by atoms with Crippen LogP contribution in [0.2, 0.25) is 0 Å². The first-order valence-corrected chi connectivity index (χ1v) is 7.57. The Balaban J connectivity index is 1.42. The molecule has 0 bridgehead atoms. The summed E-state index contributed by atoms with van der Waals surface area (Å²) in [6.45, 7) is 6.62. The number of furan rings is 1. The molecule has 0 spiro atoms. The molecule has 1 aromatic carbocycles. The van der Waals surface area contributed by atoms with E-state index in [9.17, 15) is 0 Å². The van der Waals surface area contributed by atoms with Crippen LogP contribution in [0.4, 0.5) is 0 Å². The maximum atomic E-state index is 5.87. The molecule has 0 amide bonds. The minimum atomic E-state index is 0.775. The number of morpholine rings is 1. The third-order valence-electron chi connectivity index (χ3n) is 3.73. The quantitative estimate of drug-likeness (QED) is 0.827. The highest BCUT2D eigenvalue weighted by molar-refractivity contribution is 5.57. The standard InChI is InChI=1S/C17H22N2O2/c1-2-4-15(5-3-1)17-7-6-16(21-17)14-18-8-9-19-10-12-20-13-11-19/h1-7,18H,8-14H2. The lowest BCUT2D eigenvalue weighted by Crippen LogP contribution is -2.40. The first-order valence-electron chi connectivity index (χ1n) is 7.57. The smallest absolute Gasteiger partial charge is 0.134 e. The third-order valence-corrected chi connectivity index (χ3v) is 3.73. The van der Waals surface area contributed by atoms with Crippen molar-refractivity contribution >= 4 is 0 Å². The first-order chi connectivity index (χ1) is 10.4. The van der Waals surface area contributed by atoms with Gasteiger partial charge in [-0.25, -0.2) is 0 Å². The van der Waals surface area contributed by atoms with Crippen molar-refractivity contribution in [3.05, 3.63) is 48.2 Å². The number of hydrogen-bond acceptors (Lipinski definition) is 4. The minimum Gasteiger partial charge on any atom is -0.460 e. The fourth-order valence-electron chi connectivity index (χ4n) is 2.50. The molecule has 1 N–H and O–H groups in total. The van der Waals surface area contributed by atoms with Crippen molar-refractivity contribution in [2.75, 3.05) is 39.4 Å². The lowest BCUT2D eigenvalue weighted by atomic mass is 10.2. The molecule has 4 heteroatoms. The molecule has 1 fully saturated rings. The number of nitrogens with one attached hydrogen (secondary N) is 1. The van der Waals surface area contributed by atoms with E-state index in [1.165, 1.54) is 0 Å². The largest absolute Gasteiger partial charge is 0.460 e. The molecule has 4 nitrogen and oxygen atoms in total. The van der Waals surface area contributed by atoms with E-state index >= 15 is 0 Å². The van der Waals surface area contributed by atoms with Crippen LogP contribution in [0.5, 0.6) is 0 Å². The van der Waals surface area contributed by atoms with Gasteiger partial charge in [0.25, 0.3) is 0 Å². The zero-order chi connectivity index (χ0) is 14.3. The lowest BCUT2D eigenvalue weighted by Gasteiger charge is -2.26. The molecule has 1 aliphatic rings. The SMILES string of the molecule is c1ccc(-c2ccc(CNCCN3CCOCC3)o2)cc1. The van der Waals surface area contributed by atoms with Gasteiger partial charge in [0.2, 0.25) is 0 Å². The van der Waals surface area contributed by atoms with Crippen LogP contribution in [0, 0.1) is 0 Å². The van der Waals surface area contributed by atoms with Gasteiger partial charge in [0.1, 0.15) is 11.5 Å². The number of ether oxygens (including phenoxy) is 1. The summed E-state index contributed by atoms with van der Waals surface area (Å²) < 4.78 is 11.2. The fraction of sp³-hybridized carbons (Fsp3) is 0.412. The van der Waals surface area contributed by atoms with E-state index in [4.69, 9.17) is 9.15 Å². The zero-order valence-corrected chi connectivity index (χ0v) is 12.3. The number of benzene rings is 1. The molecule has 0 unspecified atom stereocenters. The topological polar surface area (TPSA) is 37.6 Å². The average Bonchev–Trinajstić information content (AvgIpc) is 3.02. The Morgan fingerprint density at radius 1 is 1.00 bits per heavy atom. The van der Waals surface area contributed by atoms with E-state index in [2.05, 4.69) is 22.3 Å². The van der Waals surface area contributed by atoms with Crippen molar-refractivity contribution < 1.29 is 9.15 Å². The van der Waals surface area contributed by atoms with Gasteiger partial charge in [0.15, 0.2) is 0 Å². The van der Waals surface area contributed by atoms with Crippen LogP contribution in [0.3, 0.4) is 0 Å².